The van der Waals surface area contributed by atoms with Gasteiger partial charge in [-0.05, 0) is 117 Å². The number of nitrogen functional groups attached to an aromatic ring is 3. The maximum Gasteiger partial charge on any atom is 0.415 e. The third-order valence-corrected chi connectivity index (χ3v) is 12.3. The quantitative estimate of drug-likeness (QED) is 0.0202. The molecule has 3 aromatic carbocycles. The van der Waals surface area contributed by atoms with Crippen molar-refractivity contribution in [1.29, 1.82) is 0 Å². The zero-order chi connectivity index (χ0) is 77.2. The van der Waals surface area contributed by atoms with Crippen LogP contribution in [-0.2, 0) is 33.5 Å². The molecule has 0 radical (unpaired) electrons. The summed E-state index contributed by atoms with van der Waals surface area (Å²) in [5.41, 5.74) is 18.1. The van der Waals surface area contributed by atoms with Gasteiger partial charge in [0.1, 0.15) is 56.9 Å². The van der Waals surface area contributed by atoms with Gasteiger partial charge in [-0.3, -0.25) is 49.7 Å². The second kappa shape index (κ2) is 48.1. The molecule has 0 atom stereocenters. The minimum absolute atomic E-state index is 0. The van der Waals surface area contributed by atoms with E-state index in [0.29, 0.717) is 56.3 Å². The fourth-order valence-corrected chi connectivity index (χ4v) is 8.25. The number of nitrogens with two attached hydrogens (primary N) is 3. The standard InChI is InChI=1S/C21H25N5O6.2C19H21N5O6.CH2Cl2.CH4.2F2.FH.3H2/c1-4-12-31-16-9-7-8-15(14-16)10-11-25(21(27)30-6-3)19-17(26(28)29)18(22)23-20(24-19)32-13-5-2;2*1-2-28-19(25)23-9-8-13-6-5-7-14(12-13)29-10-3-4-11-30-18-21-16(20)15(24(26)27)17(23)22-18;2-1-3;;2*1-2;;;;/h4-5,7-9,14H,1-2,6,10-13H2,3H3,(H2,22,23,24);2*3-7,12H,2,8-11H2,1H3,(H2,20,21,22);1H2;1H4;;;4*1H/b;4-3+;4-3-;;;;;;;;/i;;;;;;;;2*1+1D;1+1. The molecule has 101 heavy (non-hydrogen) atoms. The summed E-state index contributed by atoms with van der Waals surface area (Å²) in [7, 11) is 0. The number of ether oxygens (including phenoxy) is 9. The summed E-state index contributed by atoms with van der Waals surface area (Å²) < 4.78 is 100. The highest BCUT2D eigenvalue weighted by Crippen LogP contribution is 2.37. The van der Waals surface area contributed by atoms with Crippen LogP contribution in [0.15, 0.2) is 122 Å². The molecule has 0 saturated carbocycles. The van der Waals surface area contributed by atoms with Crippen molar-refractivity contribution in [2.75, 3.05) is 116 Å². The molecule has 3 aromatic heterocycles. The summed E-state index contributed by atoms with van der Waals surface area (Å²) >= 11 is 9.53. The number of nitrogens with zero attached hydrogens (tertiary/aromatic N) is 12. The van der Waals surface area contributed by atoms with E-state index in [-0.39, 0.29) is 114 Å². The van der Waals surface area contributed by atoms with Gasteiger partial charge in [0.05, 0.1) is 39.9 Å². The molecular formula is C61H80Cl2F5N15O18. The predicted octanol–water partition coefficient (Wildman–Crippen LogP) is 12.9. The highest BCUT2D eigenvalue weighted by Gasteiger charge is 2.35. The van der Waals surface area contributed by atoms with Crippen LogP contribution in [0, 0.1) is 30.3 Å². The van der Waals surface area contributed by atoms with Crippen LogP contribution in [0.25, 0.3) is 0 Å². The number of rotatable bonds is 16. The van der Waals surface area contributed by atoms with Gasteiger partial charge in [-0.2, -0.15) is 29.9 Å². The summed E-state index contributed by atoms with van der Waals surface area (Å²) in [4.78, 5) is 97.4. The van der Waals surface area contributed by atoms with Crippen LogP contribution in [-0.4, -0.2) is 147 Å². The Hall–Kier alpha value is -11.7. The molecule has 8 rings (SSSR count). The van der Waals surface area contributed by atoms with Crippen LogP contribution in [0.2, 0.25) is 0 Å². The summed E-state index contributed by atoms with van der Waals surface area (Å²) in [6, 6.07) is 21.3. The van der Waals surface area contributed by atoms with E-state index in [4.69, 9.17) is 107 Å². The summed E-state index contributed by atoms with van der Waals surface area (Å²) in [6.45, 7) is 13.6. The molecule has 0 saturated heterocycles. The van der Waals surface area contributed by atoms with E-state index >= 15 is 0 Å². The second-order valence-corrected chi connectivity index (χ2v) is 19.5. The minimum atomic E-state index is -0.817. The lowest BCUT2D eigenvalue weighted by Crippen LogP contribution is -2.35. The van der Waals surface area contributed by atoms with Gasteiger partial charge in [0.25, 0.3) is 0 Å². The van der Waals surface area contributed by atoms with E-state index in [1.807, 2.05) is 54.6 Å². The second-order valence-electron chi connectivity index (χ2n) is 18.7. The Morgan fingerprint density at radius 3 is 1.47 bits per heavy atom. The lowest BCUT2D eigenvalue weighted by atomic mass is 10.1. The predicted molar refractivity (Wildman–Crippen MR) is 371 cm³/mol. The fraction of sp³-hybridized carbons (Fsp3) is 0.328. The average Bonchev–Trinajstić information content (AvgIpc) is 0.819. The Morgan fingerprint density at radius 2 is 1.04 bits per heavy atom. The number of fused-ring (bicyclic) bond motifs is 8. The number of carbonyl (C=O) groups excluding carboxylic acids is 3. The van der Waals surface area contributed by atoms with Gasteiger partial charge in [0, 0.05) is 45.3 Å². The first-order valence-corrected chi connectivity index (χ1v) is 30.1. The number of amides is 3. The first-order valence-electron chi connectivity index (χ1n) is 31.1. The van der Waals surface area contributed by atoms with Crippen molar-refractivity contribution in [2.45, 2.75) is 47.5 Å². The highest BCUT2D eigenvalue weighted by molar-refractivity contribution is 6.40. The molecule has 6 N–H and O–H groups in total. The molecule has 33 nitrogen and oxygen atoms in total. The number of benzene rings is 3. The maximum atomic E-state index is 12.7. The average molecular weight is 1480 g/mol. The SMILES string of the molecule is C.C=CCOc1cccc(CCN(C(=O)OCC)c2nc(OCC=C)nc(N)c2[N+](=O)[O-])c1.CCOC(=O)N1CCc2cccc(c2)OC/C=C/COc2nc(N)c([N+](=O)[O-])c1n2.CCOC(=O)N1CCc2cccc(c2)OC/C=C\COc2nc(N)c([N+](=O)[O-])c1n2.ClCCl.F.FF.FF.[2HH].[2H][2H].[2H][2H]. The van der Waals surface area contributed by atoms with Crippen LogP contribution >= 0.6 is 23.2 Å². The van der Waals surface area contributed by atoms with Gasteiger partial charge < -0.3 is 59.8 Å². The van der Waals surface area contributed by atoms with Crippen molar-refractivity contribution < 1.29 is 102 Å². The number of halogens is 7. The largest absolute Gasteiger partial charge is 0.490 e. The van der Waals surface area contributed by atoms with Crippen LogP contribution in [0.4, 0.5) is 89.4 Å². The van der Waals surface area contributed by atoms with Crippen LogP contribution in [0.5, 0.6) is 35.3 Å². The van der Waals surface area contributed by atoms with E-state index in [9.17, 15) is 44.7 Å². The molecule has 2 aliphatic rings. The van der Waals surface area contributed by atoms with Crippen molar-refractivity contribution >= 4 is 93.5 Å². The summed E-state index contributed by atoms with van der Waals surface area (Å²) in [5, 5.41) is 35.1. The van der Waals surface area contributed by atoms with Crippen LogP contribution < -0.4 is 60.3 Å². The number of nitro groups is 3. The minimum Gasteiger partial charge on any atom is -0.490 e. The smallest absolute Gasteiger partial charge is 0.415 e. The van der Waals surface area contributed by atoms with E-state index in [2.05, 4.69) is 43.1 Å². The van der Waals surface area contributed by atoms with Crippen molar-refractivity contribution in [3.63, 3.8) is 0 Å². The molecule has 0 fully saturated rings. The van der Waals surface area contributed by atoms with Gasteiger partial charge in [0.2, 0.25) is 34.9 Å². The van der Waals surface area contributed by atoms with Crippen molar-refractivity contribution in [3.8, 4) is 35.3 Å². The normalized spacial score (nSPS) is 12.6. The van der Waals surface area contributed by atoms with Gasteiger partial charge >= 0.3 is 53.4 Å². The molecule has 6 aromatic rings. The first kappa shape index (κ1) is 83.5. The molecule has 0 unspecified atom stereocenters. The number of hydrogen-bond acceptors (Lipinski definition) is 27. The maximum absolute atomic E-state index is 12.7. The lowest BCUT2D eigenvalue weighted by molar-refractivity contribution is -0.383. The zero-order valence-electron chi connectivity index (χ0n) is 57.7. The molecular weight excluding hydrogens is 1400 g/mol. The zero-order valence-corrected chi connectivity index (χ0v) is 55.3. The van der Waals surface area contributed by atoms with Crippen molar-refractivity contribution in [2.24, 2.45) is 0 Å². The van der Waals surface area contributed by atoms with E-state index < -0.39 is 67.6 Å². The Morgan fingerprint density at radius 1 is 0.624 bits per heavy atom. The van der Waals surface area contributed by atoms with Gasteiger partial charge in [0.15, 0.2) is 0 Å². The third kappa shape index (κ3) is 28.4. The topological polar surface area (TPSA) is 429 Å². The molecule has 40 heteroatoms. The number of carbonyl (C=O) groups is 3. The van der Waals surface area contributed by atoms with Crippen LogP contribution in [0.1, 0.15) is 52.3 Å². The Balaban J connectivity index is -0.00000139. The van der Waals surface area contributed by atoms with E-state index in [1.54, 1.807) is 69.4 Å². The number of hydrogen-bond donors (Lipinski definition) is 3. The highest BCUT2D eigenvalue weighted by atomic mass is 35.5. The van der Waals surface area contributed by atoms with E-state index in [1.165, 1.54) is 6.08 Å². The van der Waals surface area contributed by atoms with E-state index in [0.717, 1.165) is 31.4 Å². The first-order chi connectivity index (χ1) is 49.8. The summed E-state index contributed by atoms with van der Waals surface area (Å²) in [5.74, 6) is -0.201. The number of alkyl halides is 2. The lowest BCUT2D eigenvalue weighted by Gasteiger charge is -2.21. The Bertz CT molecular complexity index is 3590. The van der Waals surface area contributed by atoms with Gasteiger partial charge in [-0.1, -0.05) is 69.1 Å². The van der Waals surface area contributed by atoms with Gasteiger partial charge in [-0.15, -0.1) is 23.2 Å². The molecule has 5 heterocycles. The Labute approximate surface area is 592 Å². The molecule has 0 aliphatic carbocycles. The fourth-order valence-electron chi connectivity index (χ4n) is 8.25. The van der Waals surface area contributed by atoms with Crippen molar-refractivity contribution in [1.82, 2.24) is 29.9 Å². The van der Waals surface area contributed by atoms with Crippen molar-refractivity contribution in [3.05, 3.63) is 169 Å². The summed E-state index contributed by atoms with van der Waals surface area (Å²) in [6.07, 6.45) is 8.62. The molecule has 3 amide bonds. The molecule has 8 bridgehead atoms. The molecule has 2 aliphatic heterocycles. The Kier molecular flexibility index (Phi) is 39.8. The monoisotopic (exact) mass is 1480 g/mol. The van der Waals surface area contributed by atoms with Gasteiger partial charge in [-0.25, -0.2) is 14.4 Å². The third-order valence-electron chi connectivity index (χ3n) is 12.3. The number of aromatic nitrogens is 6. The molecule has 556 valence electrons. The molecule has 0 spiro atoms. The number of anilines is 6. The van der Waals surface area contributed by atoms with Crippen LogP contribution in [0.3, 0.4) is 0 Å².